The van der Waals surface area contributed by atoms with Gasteiger partial charge < -0.3 is 19.5 Å². The largest absolute Gasteiger partial charge is 0.497 e. The van der Waals surface area contributed by atoms with Crippen molar-refractivity contribution in [1.82, 2.24) is 0 Å². The van der Waals surface area contributed by atoms with E-state index in [9.17, 15) is 14.7 Å². The molecule has 38 heavy (non-hydrogen) atoms. The fourth-order valence-electron chi connectivity index (χ4n) is 5.49. The summed E-state index contributed by atoms with van der Waals surface area (Å²) in [5.41, 5.74) is 2.85. The Bertz CT molecular complexity index is 1090. The lowest BCUT2D eigenvalue weighted by atomic mass is 9.91. The van der Waals surface area contributed by atoms with Crippen molar-refractivity contribution in [2.45, 2.75) is 71.1 Å². The van der Waals surface area contributed by atoms with Crippen LogP contribution in [-0.4, -0.2) is 43.7 Å². The fourth-order valence-corrected chi connectivity index (χ4v) is 5.49. The number of nitrogens with zero attached hydrogens (tertiary/aromatic N) is 1. The highest BCUT2D eigenvalue weighted by Crippen LogP contribution is 2.45. The Labute approximate surface area is 227 Å². The SMILES string of the molecule is CC[C@H](C)CCC(=O)c1ccc(OC)cc1N1CCC(COc2cccc(C(CC(=O)O)C3CC3)c2)CC1. The molecule has 0 radical (unpaired) electrons. The molecule has 2 fully saturated rings. The summed E-state index contributed by atoms with van der Waals surface area (Å²) in [6, 6.07) is 13.8. The van der Waals surface area contributed by atoms with Crippen molar-refractivity contribution in [1.29, 1.82) is 0 Å². The number of hydrogen-bond donors (Lipinski definition) is 1. The smallest absolute Gasteiger partial charge is 0.303 e. The Morgan fingerprint density at radius 1 is 1.05 bits per heavy atom. The molecule has 0 spiro atoms. The third-order valence-corrected chi connectivity index (χ3v) is 8.38. The minimum atomic E-state index is -0.739. The first-order valence-corrected chi connectivity index (χ1v) is 14.3. The van der Waals surface area contributed by atoms with E-state index in [1.807, 2.05) is 42.5 Å². The lowest BCUT2D eigenvalue weighted by Crippen LogP contribution is -2.36. The first-order chi connectivity index (χ1) is 18.4. The molecule has 1 N–H and O–H groups in total. The van der Waals surface area contributed by atoms with Crippen LogP contribution in [0.3, 0.4) is 0 Å². The monoisotopic (exact) mass is 521 g/mol. The van der Waals surface area contributed by atoms with Crippen molar-refractivity contribution in [2.24, 2.45) is 17.8 Å². The highest BCUT2D eigenvalue weighted by molar-refractivity contribution is 6.01. The van der Waals surface area contributed by atoms with Gasteiger partial charge in [0.2, 0.25) is 0 Å². The van der Waals surface area contributed by atoms with Crippen LogP contribution in [0, 0.1) is 17.8 Å². The Morgan fingerprint density at radius 2 is 1.82 bits per heavy atom. The minimum Gasteiger partial charge on any atom is -0.497 e. The number of benzene rings is 2. The van der Waals surface area contributed by atoms with Crippen LogP contribution in [0.5, 0.6) is 11.5 Å². The Morgan fingerprint density at radius 3 is 2.47 bits per heavy atom. The number of methoxy groups -OCH3 is 1. The molecule has 1 aliphatic heterocycles. The zero-order chi connectivity index (χ0) is 27.1. The molecule has 1 aliphatic carbocycles. The molecule has 206 valence electrons. The van der Waals surface area contributed by atoms with Gasteiger partial charge in [-0.25, -0.2) is 0 Å². The number of carboxylic acids is 1. The highest BCUT2D eigenvalue weighted by Gasteiger charge is 2.34. The number of ether oxygens (including phenoxy) is 2. The van der Waals surface area contributed by atoms with Gasteiger partial charge in [-0.1, -0.05) is 32.4 Å². The maximum absolute atomic E-state index is 13.1. The molecule has 2 atom stereocenters. The second kappa shape index (κ2) is 13.2. The molecule has 0 amide bonds. The number of Topliss-reactive ketones (excluding diaryl/α,β-unsaturated/α-hetero) is 1. The summed E-state index contributed by atoms with van der Waals surface area (Å²) in [4.78, 5) is 26.8. The molecular weight excluding hydrogens is 478 g/mol. The summed E-state index contributed by atoms with van der Waals surface area (Å²) in [6.45, 7) is 6.75. The van der Waals surface area contributed by atoms with Crippen molar-refractivity contribution in [3.63, 3.8) is 0 Å². The molecule has 1 unspecified atom stereocenters. The Hall–Kier alpha value is -3.02. The standard InChI is InChI=1S/C32H43NO5/c1-4-22(2)8-13-31(34)28-12-11-26(37-3)19-30(28)33-16-14-23(15-17-33)21-38-27-7-5-6-25(18-27)29(20-32(35)36)24-9-10-24/h5-7,11-12,18-19,22-24,29H,4,8-10,13-17,20-21H2,1-3H3,(H,35,36)/t22-,29?/m0/s1. The minimum absolute atomic E-state index is 0.0734. The van der Waals surface area contributed by atoms with Gasteiger partial charge in [0.15, 0.2) is 5.78 Å². The van der Waals surface area contributed by atoms with Crippen molar-refractivity contribution in [3.05, 3.63) is 53.6 Å². The van der Waals surface area contributed by atoms with Gasteiger partial charge in [0.1, 0.15) is 11.5 Å². The van der Waals surface area contributed by atoms with Crippen LogP contribution in [0.15, 0.2) is 42.5 Å². The summed E-state index contributed by atoms with van der Waals surface area (Å²) in [7, 11) is 1.66. The lowest BCUT2D eigenvalue weighted by Gasteiger charge is -2.34. The van der Waals surface area contributed by atoms with E-state index in [1.165, 1.54) is 0 Å². The third kappa shape index (κ3) is 7.52. The molecule has 1 saturated carbocycles. The Kier molecular flexibility index (Phi) is 9.70. The number of anilines is 1. The van der Waals surface area contributed by atoms with Crippen LogP contribution in [0.25, 0.3) is 0 Å². The topological polar surface area (TPSA) is 76.1 Å². The predicted octanol–water partition coefficient (Wildman–Crippen LogP) is 6.97. The van der Waals surface area contributed by atoms with E-state index in [1.54, 1.807) is 7.11 Å². The van der Waals surface area contributed by atoms with E-state index in [0.29, 0.717) is 30.8 Å². The summed E-state index contributed by atoms with van der Waals surface area (Å²) >= 11 is 0. The quantitative estimate of drug-likeness (QED) is 0.271. The number of ketones is 1. The average molecular weight is 522 g/mol. The highest BCUT2D eigenvalue weighted by atomic mass is 16.5. The first-order valence-electron chi connectivity index (χ1n) is 14.3. The number of rotatable bonds is 14. The molecular formula is C32H43NO5. The molecule has 0 aromatic heterocycles. The maximum Gasteiger partial charge on any atom is 0.303 e. The van der Waals surface area contributed by atoms with Crippen LogP contribution in [0.2, 0.25) is 0 Å². The van der Waals surface area contributed by atoms with Crippen LogP contribution in [0.4, 0.5) is 5.69 Å². The van der Waals surface area contributed by atoms with Gasteiger partial charge in [-0.15, -0.1) is 0 Å². The summed E-state index contributed by atoms with van der Waals surface area (Å²) in [5, 5.41) is 9.34. The normalized spacial score (nSPS) is 17.6. The molecule has 2 aliphatic rings. The van der Waals surface area contributed by atoms with E-state index in [0.717, 1.165) is 79.9 Å². The van der Waals surface area contributed by atoms with Crippen molar-refractivity contribution < 1.29 is 24.2 Å². The second-order valence-electron chi connectivity index (χ2n) is 11.2. The van der Waals surface area contributed by atoms with Crippen molar-refractivity contribution in [3.8, 4) is 11.5 Å². The number of piperidine rings is 1. The van der Waals surface area contributed by atoms with Crippen LogP contribution < -0.4 is 14.4 Å². The number of carboxylic acid groups (broad SMARTS) is 1. The van der Waals surface area contributed by atoms with Gasteiger partial charge in [0.05, 0.1) is 25.8 Å². The van der Waals surface area contributed by atoms with Gasteiger partial charge in [-0.2, -0.15) is 0 Å². The van der Waals surface area contributed by atoms with Gasteiger partial charge in [0.25, 0.3) is 0 Å². The van der Waals surface area contributed by atoms with E-state index >= 15 is 0 Å². The lowest BCUT2D eigenvalue weighted by molar-refractivity contribution is -0.137. The zero-order valence-electron chi connectivity index (χ0n) is 23.2. The maximum atomic E-state index is 13.1. The van der Waals surface area contributed by atoms with E-state index in [-0.39, 0.29) is 18.1 Å². The number of aliphatic carboxylic acids is 1. The van der Waals surface area contributed by atoms with Crippen LogP contribution >= 0.6 is 0 Å². The van der Waals surface area contributed by atoms with Crippen LogP contribution in [-0.2, 0) is 4.79 Å². The molecule has 0 bridgehead atoms. The molecule has 2 aromatic carbocycles. The number of hydrogen-bond acceptors (Lipinski definition) is 5. The predicted molar refractivity (Wildman–Crippen MR) is 151 cm³/mol. The number of carbonyl (C=O) groups is 2. The van der Waals surface area contributed by atoms with E-state index in [2.05, 4.69) is 18.7 Å². The Balaban J connectivity index is 1.34. The third-order valence-electron chi connectivity index (χ3n) is 8.38. The fraction of sp³-hybridized carbons (Fsp3) is 0.562. The first kappa shape index (κ1) is 28.0. The van der Waals surface area contributed by atoms with Crippen molar-refractivity contribution >= 4 is 17.4 Å². The molecule has 6 heteroatoms. The van der Waals surface area contributed by atoms with Gasteiger partial charge in [-0.05, 0) is 85.6 Å². The average Bonchev–Trinajstić information content (AvgIpc) is 3.79. The molecule has 6 nitrogen and oxygen atoms in total. The number of carbonyl (C=O) groups excluding carboxylic acids is 1. The summed E-state index contributed by atoms with van der Waals surface area (Å²) in [5.74, 6) is 2.60. The molecule has 4 rings (SSSR count). The van der Waals surface area contributed by atoms with Gasteiger partial charge >= 0.3 is 5.97 Å². The summed E-state index contributed by atoms with van der Waals surface area (Å²) < 4.78 is 11.7. The zero-order valence-corrected chi connectivity index (χ0v) is 23.2. The molecule has 1 heterocycles. The van der Waals surface area contributed by atoms with Gasteiger partial charge in [-0.3, -0.25) is 9.59 Å². The van der Waals surface area contributed by atoms with Crippen LogP contribution in [0.1, 0.15) is 87.1 Å². The van der Waals surface area contributed by atoms with E-state index in [4.69, 9.17) is 9.47 Å². The summed E-state index contributed by atoms with van der Waals surface area (Å²) in [6.07, 6.45) is 6.96. The van der Waals surface area contributed by atoms with E-state index < -0.39 is 5.97 Å². The molecule has 1 saturated heterocycles. The molecule has 2 aromatic rings. The van der Waals surface area contributed by atoms with Crippen molar-refractivity contribution in [2.75, 3.05) is 31.7 Å². The second-order valence-corrected chi connectivity index (χ2v) is 11.2. The van der Waals surface area contributed by atoms with Gasteiger partial charge in [0, 0.05) is 31.1 Å².